The zero-order chi connectivity index (χ0) is 24.7. The normalized spacial score (nSPS) is 14.6. The highest BCUT2D eigenvalue weighted by Gasteiger charge is 2.47. The number of aromatic carboxylic acids is 1. The van der Waals surface area contributed by atoms with E-state index in [0.717, 1.165) is 24.3 Å². The number of aromatic nitrogens is 2. The molecule has 1 aliphatic carbocycles. The van der Waals surface area contributed by atoms with E-state index in [1.807, 2.05) is 0 Å². The van der Waals surface area contributed by atoms with Crippen LogP contribution in [-0.4, -0.2) is 27.2 Å². The molecule has 34 heavy (non-hydrogen) atoms. The van der Waals surface area contributed by atoms with Gasteiger partial charge in [0.2, 0.25) is 5.88 Å². The van der Waals surface area contributed by atoms with Crippen LogP contribution in [0.15, 0.2) is 48.5 Å². The van der Waals surface area contributed by atoms with E-state index in [1.54, 1.807) is 0 Å². The van der Waals surface area contributed by atoms with Gasteiger partial charge in [-0.05, 0) is 54.8 Å². The predicted molar refractivity (Wildman–Crippen MR) is 107 cm³/mol. The SMILES string of the molecule is O=C(O)c1ccc(C2(NC(=O)c3c(C(F)F)n[nH]c3Oc3ccc(C(F)(F)F)cc3)CC2)cc1. The van der Waals surface area contributed by atoms with E-state index in [2.05, 4.69) is 15.5 Å². The Kier molecular flexibility index (Phi) is 5.75. The van der Waals surface area contributed by atoms with Crippen molar-refractivity contribution in [1.29, 1.82) is 0 Å². The number of nitrogens with one attached hydrogen (secondary N) is 2. The smallest absolute Gasteiger partial charge is 0.416 e. The number of carbonyl (C=O) groups excluding carboxylic acids is 1. The number of rotatable bonds is 7. The molecule has 2 aromatic carbocycles. The summed E-state index contributed by atoms with van der Waals surface area (Å²) in [5.74, 6) is -2.63. The Morgan fingerprint density at radius 3 is 2.18 bits per heavy atom. The van der Waals surface area contributed by atoms with Gasteiger partial charge in [0.1, 0.15) is 17.0 Å². The molecule has 1 aliphatic rings. The molecule has 0 unspecified atom stereocenters. The Balaban J connectivity index is 1.59. The lowest BCUT2D eigenvalue weighted by atomic mass is 10.0. The van der Waals surface area contributed by atoms with Crippen molar-refractivity contribution in [2.24, 2.45) is 0 Å². The highest BCUT2D eigenvalue weighted by molar-refractivity contribution is 5.98. The molecule has 0 bridgehead atoms. The van der Waals surface area contributed by atoms with Crippen LogP contribution in [-0.2, 0) is 11.7 Å². The Bertz CT molecular complexity index is 1220. The van der Waals surface area contributed by atoms with Crippen molar-refractivity contribution >= 4 is 11.9 Å². The van der Waals surface area contributed by atoms with Gasteiger partial charge in [-0.3, -0.25) is 4.79 Å². The van der Waals surface area contributed by atoms with Crippen LogP contribution in [0.4, 0.5) is 22.0 Å². The summed E-state index contributed by atoms with van der Waals surface area (Å²) in [7, 11) is 0. The van der Waals surface area contributed by atoms with Crippen LogP contribution < -0.4 is 10.1 Å². The topological polar surface area (TPSA) is 104 Å². The van der Waals surface area contributed by atoms with Crippen molar-refractivity contribution in [3.63, 3.8) is 0 Å². The summed E-state index contributed by atoms with van der Waals surface area (Å²) in [6.07, 6.45) is -6.72. The second kappa shape index (κ2) is 8.43. The Hall–Kier alpha value is -3.96. The van der Waals surface area contributed by atoms with Gasteiger partial charge >= 0.3 is 12.1 Å². The third kappa shape index (κ3) is 4.56. The maximum Gasteiger partial charge on any atom is 0.416 e. The van der Waals surface area contributed by atoms with Crippen LogP contribution in [0.5, 0.6) is 11.6 Å². The molecule has 12 heteroatoms. The van der Waals surface area contributed by atoms with Gasteiger partial charge in [-0.1, -0.05) is 12.1 Å². The molecule has 0 saturated heterocycles. The Labute approximate surface area is 188 Å². The molecular weight excluding hydrogens is 465 g/mol. The number of carboxylic acids is 1. The van der Waals surface area contributed by atoms with E-state index in [9.17, 15) is 31.5 Å². The number of amides is 1. The Morgan fingerprint density at radius 2 is 1.68 bits per heavy atom. The van der Waals surface area contributed by atoms with Gasteiger partial charge in [0.25, 0.3) is 12.3 Å². The van der Waals surface area contributed by atoms with Crippen LogP contribution in [0.25, 0.3) is 0 Å². The van der Waals surface area contributed by atoms with Crippen molar-refractivity contribution in [2.75, 3.05) is 0 Å². The molecule has 1 aromatic heterocycles. The first-order chi connectivity index (χ1) is 16.0. The van der Waals surface area contributed by atoms with Crippen molar-refractivity contribution in [2.45, 2.75) is 31.0 Å². The summed E-state index contributed by atoms with van der Waals surface area (Å²) >= 11 is 0. The average molecular weight is 481 g/mol. The van der Waals surface area contributed by atoms with Crippen LogP contribution in [0.3, 0.4) is 0 Å². The number of hydrogen-bond acceptors (Lipinski definition) is 4. The summed E-state index contributed by atoms with van der Waals surface area (Å²) < 4.78 is 70.7. The minimum Gasteiger partial charge on any atom is -0.478 e. The Morgan fingerprint density at radius 1 is 1.06 bits per heavy atom. The minimum absolute atomic E-state index is 0.0490. The lowest BCUT2D eigenvalue weighted by Crippen LogP contribution is -2.35. The van der Waals surface area contributed by atoms with E-state index >= 15 is 0 Å². The summed E-state index contributed by atoms with van der Waals surface area (Å²) in [4.78, 5) is 24.1. The fourth-order valence-corrected chi connectivity index (χ4v) is 3.44. The van der Waals surface area contributed by atoms with Gasteiger partial charge in [-0.15, -0.1) is 0 Å². The van der Waals surface area contributed by atoms with Crippen LogP contribution in [0.1, 0.15) is 56.8 Å². The van der Waals surface area contributed by atoms with Gasteiger partial charge in [0.15, 0.2) is 0 Å². The highest BCUT2D eigenvalue weighted by atomic mass is 19.4. The van der Waals surface area contributed by atoms with E-state index in [1.165, 1.54) is 24.3 Å². The minimum atomic E-state index is -4.57. The van der Waals surface area contributed by atoms with Crippen molar-refractivity contribution in [3.05, 3.63) is 76.5 Å². The number of hydrogen-bond donors (Lipinski definition) is 3. The summed E-state index contributed by atoms with van der Waals surface area (Å²) in [5, 5.41) is 17.3. The number of nitrogens with zero attached hydrogens (tertiary/aromatic N) is 1. The summed E-state index contributed by atoms with van der Waals surface area (Å²) in [6.45, 7) is 0. The zero-order valence-corrected chi connectivity index (χ0v) is 17.1. The highest BCUT2D eigenvalue weighted by Crippen LogP contribution is 2.46. The van der Waals surface area contributed by atoms with E-state index in [4.69, 9.17) is 9.84 Å². The van der Waals surface area contributed by atoms with Gasteiger partial charge in [0, 0.05) is 0 Å². The number of halogens is 5. The van der Waals surface area contributed by atoms with E-state index in [-0.39, 0.29) is 11.3 Å². The number of H-pyrrole nitrogens is 1. The first-order valence-electron chi connectivity index (χ1n) is 9.88. The molecule has 7 nitrogen and oxygen atoms in total. The number of carbonyl (C=O) groups is 2. The first kappa shape index (κ1) is 23.2. The second-order valence-electron chi connectivity index (χ2n) is 7.66. The zero-order valence-electron chi connectivity index (χ0n) is 17.1. The van der Waals surface area contributed by atoms with E-state index < -0.39 is 52.7 Å². The number of carboxylic acid groups (broad SMARTS) is 1. The van der Waals surface area contributed by atoms with Crippen molar-refractivity contribution < 1.29 is 41.4 Å². The summed E-state index contributed by atoms with van der Waals surface area (Å²) in [6, 6.07) is 9.26. The number of aromatic amines is 1. The lowest BCUT2D eigenvalue weighted by molar-refractivity contribution is -0.137. The first-order valence-corrected chi connectivity index (χ1v) is 9.88. The molecule has 1 fully saturated rings. The number of benzene rings is 2. The number of alkyl halides is 5. The fourth-order valence-electron chi connectivity index (χ4n) is 3.44. The van der Waals surface area contributed by atoms with Gasteiger partial charge < -0.3 is 15.2 Å². The molecule has 1 saturated carbocycles. The summed E-state index contributed by atoms with van der Waals surface area (Å²) in [5.41, 5.74) is -2.62. The van der Waals surface area contributed by atoms with Crippen LogP contribution in [0.2, 0.25) is 0 Å². The van der Waals surface area contributed by atoms with Gasteiger partial charge in [0.05, 0.1) is 16.7 Å². The predicted octanol–water partition coefficient (Wildman–Crippen LogP) is 5.28. The van der Waals surface area contributed by atoms with Crippen molar-refractivity contribution in [1.82, 2.24) is 15.5 Å². The third-order valence-electron chi connectivity index (χ3n) is 5.38. The van der Waals surface area contributed by atoms with Crippen LogP contribution >= 0.6 is 0 Å². The molecule has 0 aliphatic heterocycles. The van der Waals surface area contributed by atoms with Crippen LogP contribution in [0, 0.1) is 0 Å². The van der Waals surface area contributed by atoms with Gasteiger partial charge in [-0.25, -0.2) is 18.7 Å². The third-order valence-corrected chi connectivity index (χ3v) is 5.38. The van der Waals surface area contributed by atoms with Crippen molar-refractivity contribution in [3.8, 4) is 11.6 Å². The molecule has 3 aromatic rings. The molecule has 0 atom stereocenters. The fraction of sp³-hybridized carbons (Fsp3) is 0.227. The standard InChI is InChI=1S/C22H16F5N3O4/c23-17(24)16-15(19(30-29-16)34-14-7-5-13(6-8-14)22(25,26)27)18(31)28-21(9-10-21)12-3-1-11(2-4-12)20(32)33/h1-8,17H,9-10H2,(H,28,31)(H,29,30)(H,32,33). The largest absolute Gasteiger partial charge is 0.478 e. The average Bonchev–Trinajstić information content (AvgIpc) is 3.43. The second-order valence-corrected chi connectivity index (χ2v) is 7.66. The molecule has 1 heterocycles. The van der Waals surface area contributed by atoms with E-state index in [0.29, 0.717) is 18.4 Å². The quantitative estimate of drug-likeness (QED) is 0.399. The maximum absolute atomic E-state index is 13.5. The molecule has 0 radical (unpaired) electrons. The molecule has 178 valence electrons. The molecule has 0 spiro atoms. The van der Waals surface area contributed by atoms with Gasteiger partial charge in [-0.2, -0.15) is 18.3 Å². The number of ether oxygens (including phenoxy) is 1. The maximum atomic E-state index is 13.5. The molecule has 4 rings (SSSR count). The molecule has 3 N–H and O–H groups in total. The molecular formula is C22H16F5N3O4. The monoisotopic (exact) mass is 481 g/mol. The molecule has 1 amide bonds. The lowest BCUT2D eigenvalue weighted by Gasteiger charge is -2.19.